The molecule has 626 valence electrons. The van der Waals surface area contributed by atoms with E-state index in [4.69, 9.17) is 0 Å². The number of nitrogens with zero attached hydrogens (tertiary/aromatic N) is 13. The lowest BCUT2D eigenvalue weighted by molar-refractivity contribution is 0.480. The van der Waals surface area contributed by atoms with Crippen molar-refractivity contribution in [1.82, 2.24) is 59.8 Å². The zero-order chi connectivity index (χ0) is 88.7. The van der Waals surface area contributed by atoms with E-state index in [1.54, 1.807) is 55.5 Å². The van der Waals surface area contributed by atoms with Crippen molar-refractivity contribution in [3.63, 3.8) is 0 Å². The lowest BCUT2D eigenvalue weighted by atomic mass is 9.87. The molecule has 2 unspecified atom stereocenters. The van der Waals surface area contributed by atoms with Crippen molar-refractivity contribution in [3.8, 4) is 51.3 Å². The van der Waals surface area contributed by atoms with Crippen molar-refractivity contribution in [1.29, 1.82) is 0 Å². The number of aliphatic imine (C=N–C) groups is 1. The molecule has 0 bridgehead atoms. The molecule has 0 saturated heterocycles. The van der Waals surface area contributed by atoms with Gasteiger partial charge < -0.3 is 5.11 Å². The standard InChI is InChI=1S/C18H12N2.C15H11N3.C12H10N2.C10H8N2.C9H7NO.2C9H7N.C5H5N.10C2H6/c1-3-7-15-11-19-17(9-13(15)5-1)18-10-14-6-2-4-8-16(14)12-20-18;1-3-10-16-12(6-1)14-8-5-9-15(18-14)13-7-2-4-11-17-13;1-3-9-5-6-10-4-2-8-14-12(10)11(9)13-7-1;1-3-7-11-9(5-1)10-6-2-4-8-12-10;11-8-5-1-3-7-4-2-6-10-9(7)8;1-2-6-9-8(4-1)5-3-7-10-9;1-2-4-9-7-10-6-5-8(9)3-1;1-2-4-6-5-3-1;10*1-2/h1-12H;1-11H;1-9,11H;1-8H;1-6,11H;2*1-7H;1-5H;10*1-2H3. The highest BCUT2D eigenvalue weighted by Crippen LogP contribution is 2.36. The molecule has 2 atom stereocenters. The largest absolute Gasteiger partial charge is 0.506 e. The second kappa shape index (κ2) is 67.2. The van der Waals surface area contributed by atoms with Crippen molar-refractivity contribution < 1.29 is 5.11 Å². The van der Waals surface area contributed by atoms with E-state index in [1.807, 2.05) is 388 Å². The van der Waals surface area contributed by atoms with Crippen molar-refractivity contribution in [2.75, 3.05) is 0 Å². The summed E-state index contributed by atoms with van der Waals surface area (Å²) in [5.41, 5.74) is 11.1. The van der Waals surface area contributed by atoms with Gasteiger partial charge in [-0.25, -0.2) is 4.98 Å². The van der Waals surface area contributed by atoms with E-state index in [9.17, 15) is 5.11 Å². The number of aromatic nitrogens is 12. The first kappa shape index (κ1) is 103. The predicted octanol–water partition coefficient (Wildman–Crippen LogP) is 30.0. The Balaban J connectivity index is 0.000000461. The number of allylic oxidation sites excluding steroid dienone is 1. The predicted molar refractivity (Wildman–Crippen MR) is 522 cm³/mol. The topological polar surface area (TPSA) is 187 Å². The number of para-hydroxylation sites is 2. The fraction of sp³-hybridized carbons (Fsp3) is 0.206. The molecule has 17 aromatic rings. The molecule has 0 spiro atoms. The number of phenolic OH excluding ortho intramolecular Hbond substituents is 1. The molecular weight excluding hydrogens is 1480 g/mol. The van der Waals surface area contributed by atoms with Crippen LogP contribution in [-0.2, 0) is 0 Å². The molecule has 14 heteroatoms. The summed E-state index contributed by atoms with van der Waals surface area (Å²) in [5.74, 6) is 0.630. The molecule has 121 heavy (non-hydrogen) atoms. The van der Waals surface area contributed by atoms with Gasteiger partial charge in [-0.2, -0.15) is 0 Å². The summed E-state index contributed by atoms with van der Waals surface area (Å²) in [4.78, 5) is 55.5. The van der Waals surface area contributed by atoms with Crippen LogP contribution in [0.4, 0.5) is 0 Å². The molecule has 5 aromatic carbocycles. The summed E-state index contributed by atoms with van der Waals surface area (Å²) in [6.45, 7) is 40.0. The fourth-order valence-electron chi connectivity index (χ4n) is 10.6. The van der Waals surface area contributed by atoms with Gasteiger partial charge in [0.05, 0.1) is 56.8 Å². The molecule has 1 N–H and O–H groups in total. The monoisotopic (exact) mass is 1610 g/mol. The summed E-state index contributed by atoms with van der Waals surface area (Å²) in [7, 11) is 0. The molecule has 2 aliphatic rings. The normalized spacial score (nSPS) is 10.9. The van der Waals surface area contributed by atoms with Crippen LogP contribution in [0.25, 0.3) is 106 Å². The van der Waals surface area contributed by atoms with Crippen LogP contribution in [0.3, 0.4) is 0 Å². The van der Waals surface area contributed by atoms with Crippen molar-refractivity contribution in [2.45, 2.75) is 145 Å². The van der Waals surface area contributed by atoms with E-state index in [0.717, 1.165) is 72.9 Å². The van der Waals surface area contributed by atoms with E-state index < -0.39 is 0 Å². The number of rotatable bonds is 4. The first-order valence-corrected chi connectivity index (χ1v) is 42.7. The highest BCUT2D eigenvalue weighted by atomic mass is 16.3. The Bertz CT molecular complexity index is 5080. The van der Waals surface area contributed by atoms with Gasteiger partial charge in [-0.05, 0) is 155 Å². The summed E-state index contributed by atoms with van der Waals surface area (Å²) in [6, 6.07) is 91.1. The minimum atomic E-state index is 0.196. The Morgan fingerprint density at radius 3 is 1.08 bits per heavy atom. The van der Waals surface area contributed by atoms with Gasteiger partial charge in [0.15, 0.2) is 0 Å². The van der Waals surface area contributed by atoms with Crippen molar-refractivity contribution in [3.05, 3.63) is 389 Å². The van der Waals surface area contributed by atoms with Crippen LogP contribution in [0.1, 0.15) is 156 Å². The Morgan fingerprint density at radius 1 is 0.248 bits per heavy atom. The van der Waals surface area contributed by atoms with Crippen LogP contribution in [0, 0.1) is 5.92 Å². The van der Waals surface area contributed by atoms with Crippen LogP contribution in [-0.4, -0.2) is 71.1 Å². The molecular formula is C107H127N13O. The second-order valence-electron chi connectivity index (χ2n) is 22.4. The fourth-order valence-corrected chi connectivity index (χ4v) is 10.6. The molecule has 1 aliphatic carbocycles. The first-order valence-electron chi connectivity index (χ1n) is 42.7. The summed E-state index contributed by atoms with van der Waals surface area (Å²) < 4.78 is 0. The average Bonchev–Trinajstić information content (AvgIpc) is 0.796. The first-order chi connectivity index (χ1) is 60.1. The lowest BCUT2D eigenvalue weighted by Gasteiger charge is -2.25. The second-order valence-corrected chi connectivity index (χ2v) is 22.4. The van der Waals surface area contributed by atoms with E-state index in [0.29, 0.717) is 11.4 Å². The Hall–Kier alpha value is -13.9. The number of hydrogen-bond donors (Lipinski definition) is 1. The average molecular weight is 1610 g/mol. The quantitative estimate of drug-likeness (QED) is 0.175. The lowest BCUT2D eigenvalue weighted by Crippen LogP contribution is -2.15. The smallest absolute Gasteiger partial charge is 0.141 e. The third-order valence-electron chi connectivity index (χ3n) is 15.6. The van der Waals surface area contributed by atoms with Gasteiger partial charge in [0, 0.05) is 114 Å². The van der Waals surface area contributed by atoms with E-state index in [2.05, 4.69) is 150 Å². The van der Waals surface area contributed by atoms with Crippen LogP contribution < -0.4 is 0 Å². The molecule has 0 fully saturated rings. The Labute approximate surface area is 722 Å². The number of phenols is 1. The van der Waals surface area contributed by atoms with E-state index in [1.165, 1.54) is 32.5 Å². The van der Waals surface area contributed by atoms with Crippen LogP contribution in [0.5, 0.6) is 5.75 Å². The Morgan fingerprint density at radius 2 is 0.628 bits per heavy atom. The molecule has 0 amide bonds. The maximum absolute atomic E-state index is 9.31. The van der Waals surface area contributed by atoms with Crippen molar-refractivity contribution in [2.24, 2.45) is 10.9 Å². The molecule has 14 nitrogen and oxygen atoms in total. The third kappa shape index (κ3) is 36.3. The number of hydrogen-bond acceptors (Lipinski definition) is 14. The van der Waals surface area contributed by atoms with Crippen molar-refractivity contribution >= 4 is 66.4 Å². The number of benzene rings is 5. The van der Waals surface area contributed by atoms with Crippen LogP contribution in [0.2, 0.25) is 0 Å². The minimum absolute atomic E-state index is 0.196. The molecule has 0 saturated carbocycles. The molecule has 1 aliphatic heterocycles. The zero-order valence-corrected chi connectivity index (χ0v) is 74.9. The van der Waals surface area contributed by atoms with Gasteiger partial charge in [0.25, 0.3) is 0 Å². The molecule has 19 rings (SSSR count). The maximum Gasteiger partial charge on any atom is 0.141 e. The van der Waals surface area contributed by atoms with Gasteiger partial charge >= 0.3 is 0 Å². The zero-order valence-electron chi connectivity index (χ0n) is 74.9. The van der Waals surface area contributed by atoms with Crippen LogP contribution >= 0.6 is 0 Å². The third-order valence-corrected chi connectivity index (χ3v) is 15.6. The molecule has 12 aromatic heterocycles. The SMILES string of the molecule is C1=CC2C=Cc3cccnc3C2N=C1.CC.CC.CC.CC.CC.CC.CC.CC.CC.CC.Oc1cccc2cccnc12.c1ccc(-c2cccc(-c3ccccn3)n2)nc1.c1ccc(-c2ccccn2)nc1.c1ccc2cc(-c3cc4ccccc4cn3)ncc2c1.c1ccc2cnccc2c1.c1ccc2ncccc2c1.c1ccncc1. The maximum atomic E-state index is 9.31. The number of dihydropyridines is 1. The molecule has 13 heterocycles. The Kier molecular flexibility index (Phi) is 57.3. The van der Waals surface area contributed by atoms with Gasteiger partial charge in [-0.15, -0.1) is 0 Å². The highest BCUT2D eigenvalue weighted by molar-refractivity contribution is 5.88. The van der Waals surface area contributed by atoms with Gasteiger partial charge in [-0.3, -0.25) is 59.8 Å². The summed E-state index contributed by atoms with van der Waals surface area (Å²) in [6.07, 6.45) is 33.7. The number of aromatic hydroxyl groups is 1. The number of pyridine rings is 12. The van der Waals surface area contributed by atoms with E-state index in [-0.39, 0.29) is 11.8 Å². The highest BCUT2D eigenvalue weighted by Gasteiger charge is 2.25. The van der Waals surface area contributed by atoms with Crippen LogP contribution in [0.15, 0.2) is 383 Å². The summed E-state index contributed by atoms with van der Waals surface area (Å²) in [5, 5.41) is 18.6. The number of fused-ring (bicyclic) bond motifs is 8. The molecule has 0 radical (unpaired) electrons. The van der Waals surface area contributed by atoms with Gasteiger partial charge in [0.2, 0.25) is 0 Å². The minimum Gasteiger partial charge on any atom is -0.506 e. The summed E-state index contributed by atoms with van der Waals surface area (Å²) >= 11 is 0. The van der Waals surface area contributed by atoms with E-state index >= 15 is 0 Å². The van der Waals surface area contributed by atoms with Gasteiger partial charge in [0.1, 0.15) is 17.3 Å². The van der Waals surface area contributed by atoms with Gasteiger partial charge in [-0.1, -0.05) is 314 Å².